The van der Waals surface area contributed by atoms with E-state index < -0.39 is 18.1 Å². The van der Waals surface area contributed by atoms with Crippen LogP contribution in [0.4, 0.5) is 30.5 Å². The molecule has 0 radical (unpaired) electrons. The van der Waals surface area contributed by atoms with Gasteiger partial charge in [-0.25, -0.2) is 4.98 Å². The molecule has 7 nitrogen and oxygen atoms in total. The second-order valence-electron chi connectivity index (χ2n) is 10.2. The molecule has 1 saturated heterocycles. The lowest BCUT2D eigenvalue weighted by atomic mass is 9.97. The van der Waals surface area contributed by atoms with Crippen molar-refractivity contribution in [1.82, 2.24) is 14.9 Å². The van der Waals surface area contributed by atoms with Gasteiger partial charge in [0, 0.05) is 26.7 Å². The summed E-state index contributed by atoms with van der Waals surface area (Å²) in [6.07, 6.45) is -1.80. The van der Waals surface area contributed by atoms with Gasteiger partial charge in [0.05, 0.1) is 49.4 Å². The first kappa shape index (κ1) is 28.1. The Morgan fingerprint density at radius 3 is 2.62 bits per heavy atom. The van der Waals surface area contributed by atoms with Gasteiger partial charge in [0.15, 0.2) is 0 Å². The molecule has 210 valence electrons. The fourth-order valence-electron chi connectivity index (χ4n) is 4.95. The normalized spacial score (nSPS) is 18.9. The molecule has 1 aliphatic carbocycles. The van der Waals surface area contributed by atoms with E-state index in [0.717, 1.165) is 12.8 Å². The second kappa shape index (κ2) is 10.9. The fraction of sp³-hybridized carbons (Fsp3) is 0.462. The molecule has 2 atom stereocenters. The number of hydrogen-bond donors (Lipinski definition) is 3. The van der Waals surface area contributed by atoms with Crippen LogP contribution < -0.4 is 21.3 Å². The smallest absolute Gasteiger partial charge is 0.370 e. The lowest BCUT2D eigenvalue weighted by Gasteiger charge is -2.35. The Labute approximate surface area is 238 Å². The van der Waals surface area contributed by atoms with E-state index in [1.54, 1.807) is 40.8 Å². The van der Waals surface area contributed by atoms with E-state index in [0.29, 0.717) is 62.0 Å². The standard InChI is InChI=1S/C26H28Cl3F3N6O/c1-37-20-10-19(38-8-2-3-15(12-38)26(30,31)32)17(28)9-18(20)35-25(37)36-23-16(27)7-6-14(21(23)29)11-34-24(39)22(33)13-4-5-13/h6-7,9-10,13,15,22H,2-5,8,11-12,33H2,1H3,(H,34,39)(H,35,36)/t15?,22-/m0/s1. The molecule has 1 unspecified atom stereocenters. The zero-order valence-electron chi connectivity index (χ0n) is 21.1. The largest absolute Gasteiger partial charge is 0.393 e. The number of hydrogen-bond acceptors (Lipinski definition) is 5. The number of benzene rings is 2. The topological polar surface area (TPSA) is 88.2 Å². The van der Waals surface area contributed by atoms with Crippen LogP contribution >= 0.6 is 34.8 Å². The maximum atomic E-state index is 13.4. The zero-order valence-corrected chi connectivity index (χ0v) is 23.4. The van der Waals surface area contributed by atoms with E-state index in [1.807, 2.05) is 0 Å². The van der Waals surface area contributed by atoms with Gasteiger partial charge in [-0.2, -0.15) is 13.2 Å². The first-order chi connectivity index (χ1) is 18.4. The number of aromatic nitrogens is 2. The summed E-state index contributed by atoms with van der Waals surface area (Å²) >= 11 is 19.6. The lowest BCUT2D eigenvalue weighted by molar-refractivity contribution is -0.176. The lowest BCUT2D eigenvalue weighted by Crippen LogP contribution is -2.41. The van der Waals surface area contributed by atoms with Crippen LogP contribution in [-0.2, 0) is 18.4 Å². The van der Waals surface area contributed by atoms with Gasteiger partial charge in [-0.1, -0.05) is 40.9 Å². The number of anilines is 3. The highest BCUT2D eigenvalue weighted by Gasteiger charge is 2.42. The average Bonchev–Trinajstić information content (AvgIpc) is 3.70. The number of nitrogens with two attached hydrogens (primary N) is 1. The molecule has 0 spiro atoms. The summed E-state index contributed by atoms with van der Waals surface area (Å²) in [6, 6.07) is 6.27. The number of alkyl halides is 3. The van der Waals surface area contributed by atoms with Gasteiger partial charge in [-0.15, -0.1) is 0 Å². The monoisotopic (exact) mass is 602 g/mol. The number of aryl methyl sites for hydroxylation is 1. The molecule has 1 amide bonds. The predicted octanol–water partition coefficient (Wildman–Crippen LogP) is 6.41. The van der Waals surface area contributed by atoms with E-state index in [-0.39, 0.29) is 31.3 Å². The van der Waals surface area contributed by atoms with Crippen molar-refractivity contribution < 1.29 is 18.0 Å². The number of carbonyl (C=O) groups excluding carboxylic acids is 1. The molecule has 13 heteroatoms. The summed E-state index contributed by atoms with van der Waals surface area (Å²) in [5.41, 5.74) is 8.80. The van der Waals surface area contributed by atoms with Crippen molar-refractivity contribution in [3.05, 3.63) is 44.9 Å². The number of amides is 1. The fourth-order valence-corrected chi connectivity index (χ4v) is 5.76. The number of imidazole rings is 1. The number of fused-ring (bicyclic) bond motifs is 1. The average molecular weight is 604 g/mol. The van der Waals surface area contributed by atoms with E-state index in [4.69, 9.17) is 40.5 Å². The van der Waals surface area contributed by atoms with Gasteiger partial charge in [0.2, 0.25) is 11.9 Å². The molecular formula is C26H28Cl3F3N6O. The number of carbonyl (C=O) groups is 1. The Hall–Kier alpha value is -2.40. The van der Waals surface area contributed by atoms with E-state index in [9.17, 15) is 18.0 Å². The Morgan fingerprint density at radius 2 is 1.92 bits per heavy atom. The van der Waals surface area contributed by atoms with E-state index >= 15 is 0 Å². The molecule has 2 aromatic carbocycles. The third-order valence-corrected chi connectivity index (χ3v) is 8.52. The second-order valence-corrected chi connectivity index (χ2v) is 11.4. The summed E-state index contributed by atoms with van der Waals surface area (Å²) in [5.74, 6) is -0.981. The van der Waals surface area contributed by atoms with Crippen LogP contribution in [0.15, 0.2) is 24.3 Å². The van der Waals surface area contributed by atoms with Crippen LogP contribution in [0, 0.1) is 11.8 Å². The molecule has 2 aliphatic rings. The molecule has 2 heterocycles. The van der Waals surface area contributed by atoms with Crippen molar-refractivity contribution in [2.75, 3.05) is 23.3 Å². The SMILES string of the molecule is Cn1c(Nc2c(Cl)ccc(CNC(=O)[C@@H](N)C3CC3)c2Cl)nc2cc(Cl)c(N3CCCC(C(F)(F)F)C3)cc21. The summed E-state index contributed by atoms with van der Waals surface area (Å²) in [7, 11) is 1.77. The van der Waals surface area contributed by atoms with Crippen molar-refractivity contribution in [3.8, 4) is 0 Å². The molecule has 1 aliphatic heterocycles. The van der Waals surface area contributed by atoms with Gasteiger partial charge < -0.3 is 25.8 Å². The summed E-state index contributed by atoms with van der Waals surface area (Å²) in [4.78, 5) is 18.6. The van der Waals surface area contributed by atoms with Crippen molar-refractivity contribution in [3.63, 3.8) is 0 Å². The summed E-state index contributed by atoms with van der Waals surface area (Å²) in [6.45, 7) is 0.527. The molecule has 3 aromatic rings. The maximum absolute atomic E-state index is 13.4. The van der Waals surface area contributed by atoms with Crippen LogP contribution in [0.25, 0.3) is 11.0 Å². The van der Waals surface area contributed by atoms with Crippen LogP contribution in [0.3, 0.4) is 0 Å². The number of rotatable bonds is 7. The Morgan fingerprint density at radius 1 is 1.18 bits per heavy atom. The van der Waals surface area contributed by atoms with Crippen molar-refractivity contribution in [2.45, 2.75) is 44.4 Å². The molecule has 2 fully saturated rings. The molecular weight excluding hydrogens is 576 g/mol. The zero-order chi connectivity index (χ0) is 28.1. The van der Waals surface area contributed by atoms with E-state index in [1.165, 1.54) is 0 Å². The first-order valence-corrected chi connectivity index (χ1v) is 13.8. The minimum absolute atomic E-state index is 0.108. The highest BCUT2D eigenvalue weighted by atomic mass is 35.5. The molecule has 1 aromatic heterocycles. The molecule has 0 bridgehead atoms. The molecule has 5 rings (SSSR count). The number of nitrogens with one attached hydrogen (secondary N) is 2. The van der Waals surface area contributed by atoms with Gasteiger partial charge in [-0.3, -0.25) is 4.79 Å². The number of halogens is 6. The van der Waals surface area contributed by atoms with Gasteiger partial charge in [0.1, 0.15) is 0 Å². The van der Waals surface area contributed by atoms with Gasteiger partial charge in [-0.05, 0) is 55.4 Å². The first-order valence-electron chi connectivity index (χ1n) is 12.7. The highest BCUT2D eigenvalue weighted by Crippen LogP contribution is 2.40. The van der Waals surface area contributed by atoms with Crippen molar-refractivity contribution in [1.29, 1.82) is 0 Å². The van der Waals surface area contributed by atoms with Gasteiger partial charge >= 0.3 is 6.18 Å². The third-order valence-electron chi connectivity index (χ3n) is 7.47. The Bertz CT molecular complexity index is 1410. The minimum Gasteiger partial charge on any atom is -0.370 e. The van der Waals surface area contributed by atoms with Crippen LogP contribution in [0.2, 0.25) is 15.1 Å². The minimum atomic E-state index is -4.25. The number of piperidine rings is 1. The quantitative estimate of drug-likeness (QED) is 0.291. The summed E-state index contributed by atoms with van der Waals surface area (Å²) in [5, 5.41) is 6.99. The predicted molar refractivity (Wildman–Crippen MR) is 149 cm³/mol. The van der Waals surface area contributed by atoms with E-state index in [2.05, 4.69) is 15.6 Å². The number of nitrogens with zero attached hydrogens (tertiary/aromatic N) is 3. The van der Waals surface area contributed by atoms with Crippen molar-refractivity contribution in [2.24, 2.45) is 24.6 Å². The molecule has 39 heavy (non-hydrogen) atoms. The molecule has 4 N–H and O–H groups in total. The Balaban J connectivity index is 1.38. The van der Waals surface area contributed by atoms with Crippen molar-refractivity contribution >= 4 is 69.1 Å². The maximum Gasteiger partial charge on any atom is 0.393 e. The van der Waals surface area contributed by atoms with Crippen LogP contribution in [-0.4, -0.2) is 40.8 Å². The van der Waals surface area contributed by atoms with Crippen LogP contribution in [0.5, 0.6) is 0 Å². The molecule has 1 saturated carbocycles. The summed E-state index contributed by atoms with van der Waals surface area (Å²) < 4.78 is 41.9. The Kier molecular flexibility index (Phi) is 7.85. The highest BCUT2D eigenvalue weighted by molar-refractivity contribution is 6.39. The van der Waals surface area contributed by atoms with Gasteiger partial charge in [0.25, 0.3) is 0 Å². The van der Waals surface area contributed by atoms with Crippen LogP contribution in [0.1, 0.15) is 31.2 Å². The third kappa shape index (κ3) is 5.89.